The van der Waals surface area contributed by atoms with E-state index in [4.69, 9.17) is 16.7 Å². The molecule has 37 heavy (non-hydrogen) atoms. The Morgan fingerprint density at radius 1 is 0.919 bits per heavy atom. The topological polar surface area (TPSA) is 60.5 Å². The van der Waals surface area contributed by atoms with Gasteiger partial charge in [-0.05, 0) is 53.6 Å². The molecule has 2 heterocycles. The van der Waals surface area contributed by atoms with Gasteiger partial charge in [-0.3, -0.25) is 9.80 Å². The zero-order chi connectivity index (χ0) is 25.4. The van der Waals surface area contributed by atoms with E-state index in [0.717, 1.165) is 33.4 Å². The van der Waals surface area contributed by atoms with Crippen molar-refractivity contribution in [3.05, 3.63) is 131 Å². The highest BCUT2D eigenvalue weighted by molar-refractivity contribution is 6.39. The van der Waals surface area contributed by atoms with Crippen molar-refractivity contribution in [1.29, 1.82) is 0 Å². The highest BCUT2D eigenvalue weighted by atomic mass is 35.5. The Bertz CT molecular complexity index is 1610. The number of amides is 1. The minimum Gasteiger partial charge on any atom is -0.349 e. The average Bonchev–Trinajstić information content (AvgIpc) is 3.52. The summed E-state index contributed by atoms with van der Waals surface area (Å²) in [6, 6.07) is 31.6. The van der Waals surface area contributed by atoms with Gasteiger partial charge in [0.05, 0.1) is 22.5 Å². The van der Waals surface area contributed by atoms with Crippen LogP contribution in [0.2, 0.25) is 5.02 Å². The van der Waals surface area contributed by atoms with Crippen LogP contribution in [0.15, 0.2) is 108 Å². The molecule has 0 saturated heterocycles. The lowest BCUT2D eigenvalue weighted by molar-refractivity contribution is 0.102. The van der Waals surface area contributed by atoms with Crippen LogP contribution in [-0.2, 0) is 0 Å². The molecule has 0 radical (unpaired) electrons. The zero-order valence-electron chi connectivity index (χ0n) is 19.7. The number of hydrazone groups is 1. The molecule has 1 aliphatic rings. The van der Waals surface area contributed by atoms with Gasteiger partial charge in [-0.1, -0.05) is 72.3 Å². The Morgan fingerprint density at radius 3 is 2.35 bits per heavy atom. The Balaban J connectivity index is 1.24. The molecule has 1 amide bonds. The fourth-order valence-electron chi connectivity index (χ4n) is 4.66. The molecule has 1 unspecified atom stereocenters. The summed E-state index contributed by atoms with van der Waals surface area (Å²) in [5.41, 5.74) is 5.60. The Morgan fingerprint density at radius 2 is 1.62 bits per heavy atom. The quantitative estimate of drug-likeness (QED) is 0.257. The third-order valence-electron chi connectivity index (χ3n) is 6.53. The molecule has 2 N–H and O–H groups in total. The van der Waals surface area contributed by atoms with Crippen LogP contribution in [0.1, 0.15) is 34.1 Å². The number of hydrogen-bond donors (Lipinski definition) is 2. The monoisotopic (exact) mass is 508 g/mol. The molecule has 0 spiro atoms. The minimum atomic E-state index is -0.307. The van der Waals surface area contributed by atoms with E-state index in [9.17, 15) is 9.18 Å². The lowest BCUT2D eigenvalue weighted by Crippen LogP contribution is -2.18. The molecule has 1 aliphatic heterocycles. The molecular formula is C30H22ClFN4O. The van der Waals surface area contributed by atoms with Crippen molar-refractivity contribution < 1.29 is 9.18 Å². The van der Waals surface area contributed by atoms with Gasteiger partial charge in [0.2, 0.25) is 0 Å². The number of nitrogens with zero attached hydrogens (tertiary/aromatic N) is 2. The van der Waals surface area contributed by atoms with Gasteiger partial charge in [-0.2, -0.15) is 5.10 Å². The van der Waals surface area contributed by atoms with Gasteiger partial charge in [-0.25, -0.2) is 4.39 Å². The van der Waals surface area contributed by atoms with Crippen LogP contribution in [-0.4, -0.2) is 16.6 Å². The second-order valence-corrected chi connectivity index (χ2v) is 9.27. The zero-order valence-corrected chi connectivity index (χ0v) is 20.4. The standard InChI is InChI=1S/C30H22ClFN4O/c31-28-24-8-4-5-9-25(24)34-29(28)30(37)33-22-14-10-19(11-15-22)26-18-27(20-6-2-1-3-7-20)36(35-26)23-16-12-21(32)13-17-23/h1-17,27,34H,18H2,(H,33,37). The smallest absolute Gasteiger partial charge is 0.273 e. The predicted molar refractivity (Wildman–Crippen MR) is 147 cm³/mol. The first-order valence-electron chi connectivity index (χ1n) is 11.9. The van der Waals surface area contributed by atoms with Crippen molar-refractivity contribution >= 4 is 45.5 Å². The lowest BCUT2D eigenvalue weighted by atomic mass is 9.98. The minimum absolute atomic E-state index is 0.00908. The molecule has 182 valence electrons. The second-order valence-electron chi connectivity index (χ2n) is 8.89. The molecule has 0 fully saturated rings. The van der Waals surface area contributed by atoms with Crippen LogP contribution in [0, 0.1) is 5.82 Å². The highest BCUT2D eigenvalue weighted by Gasteiger charge is 2.30. The average molecular weight is 509 g/mol. The predicted octanol–water partition coefficient (Wildman–Crippen LogP) is 7.57. The van der Waals surface area contributed by atoms with E-state index in [1.165, 1.54) is 12.1 Å². The van der Waals surface area contributed by atoms with Crippen LogP contribution < -0.4 is 10.3 Å². The molecule has 0 aliphatic carbocycles. The summed E-state index contributed by atoms with van der Waals surface area (Å²) in [6.07, 6.45) is 0.692. The van der Waals surface area contributed by atoms with Gasteiger partial charge in [0.1, 0.15) is 11.5 Å². The molecule has 1 aromatic heterocycles. The molecule has 0 bridgehead atoms. The van der Waals surface area contributed by atoms with Gasteiger partial charge in [0.15, 0.2) is 0 Å². The van der Waals surface area contributed by atoms with Gasteiger partial charge in [0.25, 0.3) is 5.91 Å². The van der Waals surface area contributed by atoms with Crippen molar-refractivity contribution in [2.75, 3.05) is 10.3 Å². The van der Waals surface area contributed by atoms with Crippen LogP contribution in [0.3, 0.4) is 0 Å². The summed E-state index contributed by atoms with van der Waals surface area (Å²) in [5, 5.41) is 11.0. The number of nitrogens with one attached hydrogen (secondary N) is 2. The SMILES string of the molecule is O=C(Nc1ccc(C2=NN(c3ccc(F)cc3)C(c3ccccc3)C2)cc1)c1[nH]c2ccccc2c1Cl. The number of aromatic amines is 1. The lowest BCUT2D eigenvalue weighted by Gasteiger charge is -2.24. The number of rotatable bonds is 5. The number of hydrogen-bond acceptors (Lipinski definition) is 3. The number of anilines is 2. The first-order valence-corrected chi connectivity index (χ1v) is 12.3. The molecule has 5 aromatic rings. The highest BCUT2D eigenvalue weighted by Crippen LogP contribution is 2.37. The van der Waals surface area contributed by atoms with E-state index < -0.39 is 0 Å². The molecule has 1 atom stereocenters. The maximum Gasteiger partial charge on any atom is 0.273 e. The van der Waals surface area contributed by atoms with Gasteiger partial charge in [0, 0.05) is 23.0 Å². The molecule has 0 saturated carbocycles. The summed E-state index contributed by atoms with van der Waals surface area (Å²) >= 11 is 6.43. The normalized spacial score (nSPS) is 15.1. The number of H-pyrrole nitrogens is 1. The van der Waals surface area contributed by atoms with E-state index in [1.54, 1.807) is 12.1 Å². The van der Waals surface area contributed by atoms with Crippen LogP contribution >= 0.6 is 11.6 Å². The summed E-state index contributed by atoms with van der Waals surface area (Å²) in [7, 11) is 0. The number of halogens is 2. The van der Waals surface area contributed by atoms with E-state index in [-0.39, 0.29) is 17.8 Å². The number of carbonyl (C=O) groups is 1. The van der Waals surface area contributed by atoms with Gasteiger partial charge < -0.3 is 10.3 Å². The summed E-state index contributed by atoms with van der Waals surface area (Å²) in [4.78, 5) is 16.0. The molecule has 7 heteroatoms. The molecule has 6 rings (SSSR count). The first kappa shape index (κ1) is 23.0. The van der Waals surface area contributed by atoms with Crippen molar-refractivity contribution in [2.24, 2.45) is 5.10 Å². The summed E-state index contributed by atoms with van der Waals surface area (Å²) < 4.78 is 13.6. The Kier molecular flexibility index (Phi) is 5.94. The second kappa shape index (κ2) is 9.56. The number of aromatic nitrogens is 1. The fraction of sp³-hybridized carbons (Fsp3) is 0.0667. The van der Waals surface area contributed by atoms with E-state index in [0.29, 0.717) is 22.8 Å². The Hall–Kier alpha value is -4.42. The molecular weight excluding hydrogens is 487 g/mol. The first-order chi connectivity index (χ1) is 18.1. The summed E-state index contributed by atoms with van der Waals surface area (Å²) in [6.45, 7) is 0. The van der Waals surface area contributed by atoms with Crippen molar-refractivity contribution in [2.45, 2.75) is 12.5 Å². The molecule has 5 nitrogen and oxygen atoms in total. The third-order valence-corrected chi connectivity index (χ3v) is 6.92. The fourth-order valence-corrected chi connectivity index (χ4v) is 4.95. The van der Waals surface area contributed by atoms with Gasteiger partial charge in [-0.15, -0.1) is 0 Å². The van der Waals surface area contributed by atoms with Crippen molar-refractivity contribution in [1.82, 2.24) is 4.98 Å². The van der Waals surface area contributed by atoms with Crippen molar-refractivity contribution in [3.63, 3.8) is 0 Å². The third kappa shape index (κ3) is 4.47. The van der Waals surface area contributed by atoms with Crippen LogP contribution in [0.25, 0.3) is 10.9 Å². The number of carbonyl (C=O) groups excluding carboxylic acids is 1. The van der Waals surface area contributed by atoms with E-state index in [1.807, 2.05) is 71.7 Å². The Labute approximate surface area is 218 Å². The maximum atomic E-state index is 13.6. The summed E-state index contributed by atoms with van der Waals surface area (Å²) in [5.74, 6) is -0.589. The van der Waals surface area contributed by atoms with Crippen molar-refractivity contribution in [3.8, 4) is 0 Å². The van der Waals surface area contributed by atoms with Crippen LogP contribution in [0.4, 0.5) is 15.8 Å². The number of para-hydroxylation sites is 1. The number of benzene rings is 4. The number of fused-ring (bicyclic) bond motifs is 1. The van der Waals surface area contributed by atoms with Gasteiger partial charge >= 0.3 is 0 Å². The van der Waals surface area contributed by atoms with Crippen LogP contribution in [0.5, 0.6) is 0 Å². The molecule has 4 aromatic carbocycles. The van der Waals surface area contributed by atoms with E-state index in [2.05, 4.69) is 22.4 Å². The largest absolute Gasteiger partial charge is 0.349 e. The van der Waals surface area contributed by atoms with E-state index >= 15 is 0 Å². The maximum absolute atomic E-state index is 13.6.